The van der Waals surface area contributed by atoms with Gasteiger partial charge in [-0.2, -0.15) is 0 Å². The Kier molecular flexibility index (Phi) is 3.29. The van der Waals surface area contributed by atoms with E-state index in [1.807, 2.05) is 19.1 Å². The molecule has 0 bridgehead atoms. The molecular weight excluding hydrogens is 244 g/mol. The van der Waals surface area contributed by atoms with Crippen LogP contribution in [0.1, 0.15) is 28.8 Å². The van der Waals surface area contributed by atoms with Crippen LogP contribution in [0.25, 0.3) is 0 Å². The van der Waals surface area contributed by atoms with Gasteiger partial charge in [-0.15, -0.1) is 0 Å². The fraction of sp³-hybridized carbons (Fsp3) is 0.500. The molecule has 1 saturated heterocycles. The standard InChI is InChI=1S/C14H18N2O3/c1-9-6-11-13(19-8-15-14(11)17)12(7-9)16-10-2-4-18-5-3-10/h6-7,10,16H,2-5,8H2,1H3,(H,15,17). The molecule has 19 heavy (non-hydrogen) atoms. The van der Waals surface area contributed by atoms with Crippen LogP contribution in [-0.2, 0) is 4.74 Å². The fourth-order valence-electron chi connectivity index (χ4n) is 2.54. The number of rotatable bonds is 2. The summed E-state index contributed by atoms with van der Waals surface area (Å²) in [7, 11) is 0. The Labute approximate surface area is 112 Å². The monoisotopic (exact) mass is 262 g/mol. The normalized spacial score (nSPS) is 19.3. The van der Waals surface area contributed by atoms with Gasteiger partial charge < -0.3 is 20.1 Å². The van der Waals surface area contributed by atoms with Gasteiger partial charge in [0.15, 0.2) is 12.5 Å². The molecule has 0 spiro atoms. The van der Waals surface area contributed by atoms with Gasteiger partial charge in [-0.05, 0) is 37.5 Å². The third-order valence-corrected chi connectivity index (χ3v) is 3.51. The predicted octanol–water partition coefficient (Wildman–Crippen LogP) is 1.67. The number of amides is 1. The molecule has 3 rings (SSSR count). The highest BCUT2D eigenvalue weighted by molar-refractivity contribution is 6.00. The maximum atomic E-state index is 11.8. The molecule has 2 heterocycles. The Bertz CT molecular complexity index is 496. The third kappa shape index (κ3) is 2.51. The van der Waals surface area contributed by atoms with Crippen molar-refractivity contribution < 1.29 is 14.3 Å². The van der Waals surface area contributed by atoms with E-state index >= 15 is 0 Å². The number of fused-ring (bicyclic) bond motifs is 1. The van der Waals surface area contributed by atoms with Crippen LogP contribution in [0.2, 0.25) is 0 Å². The molecule has 0 aromatic heterocycles. The van der Waals surface area contributed by atoms with Gasteiger partial charge in [0.2, 0.25) is 0 Å². The lowest BCUT2D eigenvalue weighted by Gasteiger charge is -2.27. The highest BCUT2D eigenvalue weighted by Crippen LogP contribution is 2.33. The largest absolute Gasteiger partial charge is 0.470 e. The van der Waals surface area contributed by atoms with Gasteiger partial charge in [-0.3, -0.25) is 4.79 Å². The summed E-state index contributed by atoms with van der Waals surface area (Å²) in [5.74, 6) is 0.598. The number of benzene rings is 1. The molecule has 2 N–H and O–H groups in total. The van der Waals surface area contributed by atoms with Crippen LogP contribution in [-0.4, -0.2) is 31.9 Å². The molecule has 1 amide bonds. The maximum Gasteiger partial charge on any atom is 0.257 e. The summed E-state index contributed by atoms with van der Waals surface area (Å²) in [4.78, 5) is 11.8. The molecule has 1 fully saturated rings. The summed E-state index contributed by atoms with van der Waals surface area (Å²) in [6.07, 6.45) is 1.96. The molecule has 5 nitrogen and oxygen atoms in total. The summed E-state index contributed by atoms with van der Waals surface area (Å²) in [6, 6.07) is 4.28. The Morgan fingerprint density at radius 3 is 2.89 bits per heavy atom. The van der Waals surface area contributed by atoms with Crippen LogP contribution < -0.4 is 15.4 Å². The Hall–Kier alpha value is -1.75. The van der Waals surface area contributed by atoms with E-state index < -0.39 is 0 Å². The van der Waals surface area contributed by atoms with Gasteiger partial charge in [0, 0.05) is 19.3 Å². The first-order valence-electron chi connectivity index (χ1n) is 6.64. The van der Waals surface area contributed by atoms with E-state index in [1.54, 1.807) is 0 Å². The highest BCUT2D eigenvalue weighted by Gasteiger charge is 2.23. The minimum Gasteiger partial charge on any atom is -0.470 e. The zero-order valence-corrected chi connectivity index (χ0v) is 11.0. The Morgan fingerprint density at radius 1 is 1.32 bits per heavy atom. The molecule has 102 valence electrons. The lowest BCUT2D eigenvalue weighted by atomic mass is 10.0. The van der Waals surface area contributed by atoms with Crippen molar-refractivity contribution in [1.29, 1.82) is 0 Å². The van der Waals surface area contributed by atoms with E-state index in [4.69, 9.17) is 9.47 Å². The Morgan fingerprint density at radius 2 is 2.11 bits per heavy atom. The molecular formula is C14H18N2O3. The van der Waals surface area contributed by atoms with E-state index in [1.165, 1.54) is 0 Å². The topological polar surface area (TPSA) is 59.6 Å². The van der Waals surface area contributed by atoms with Gasteiger partial charge in [0.05, 0.1) is 11.3 Å². The average Bonchev–Trinajstić information content (AvgIpc) is 2.41. The first-order valence-corrected chi connectivity index (χ1v) is 6.64. The minimum atomic E-state index is -0.0695. The summed E-state index contributed by atoms with van der Waals surface area (Å²) in [5.41, 5.74) is 2.58. The second-order valence-corrected chi connectivity index (χ2v) is 5.01. The van der Waals surface area contributed by atoms with Crippen molar-refractivity contribution >= 4 is 11.6 Å². The van der Waals surface area contributed by atoms with Gasteiger partial charge in [-0.1, -0.05) is 0 Å². The number of hydrogen-bond donors (Lipinski definition) is 2. The van der Waals surface area contributed by atoms with E-state index in [-0.39, 0.29) is 12.6 Å². The number of hydrogen-bond acceptors (Lipinski definition) is 4. The predicted molar refractivity (Wildman–Crippen MR) is 71.6 cm³/mol. The van der Waals surface area contributed by atoms with Crippen molar-refractivity contribution in [3.8, 4) is 5.75 Å². The summed E-state index contributed by atoms with van der Waals surface area (Å²) < 4.78 is 11.0. The summed E-state index contributed by atoms with van der Waals surface area (Å²) in [5, 5.41) is 6.17. The van der Waals surface area contributed by atoms with E-state index in [9.17, 15) is 4.79 Å². The van der Waals surface area contributed by atoms with Crippen molar-refractivity contribution in [2.75, 3.05) is 25.3 Å². The van der Waals surface area contributed by atoms with Crippen LogP contribution in [0.15, 0.2) is 12.1 Å². The second-order valence-electron chi connectivity index (χ2n) is 5.01. The van der Waals surface area contributed by atoms with Crippen LogP contribution in [0.4, 0.5) is 5.69 Å². The van der Waals surface area contributed by atoms with Gasteiger partial charge in [0.1, 0.15) is 0 Å². The summed E-state index contributed by atoms with van der Waals surface area (Å²) >= 11 is 0. The number of carbonyl (C=O) groups excluding carboxylic acids is 1. The van der Waals surface area contributed by atoms with Crippen LogP contribution in [0.3, 0.4) is 0 Å². The lowest BCUT2D eigenvalue weighted by Crippen LogP contribution is -2.34. The van der Waals surface area contributed by atoms with E-state index in [0.717, 1.165) is 37.3 Å². The van der Waals surface area contributed by atoms with Crippen LogP contribution in [0.5, 0.6) is 5.75 Å². The molecule has 0 unspecified atom stereocenters. The number of nitrogens with one attached hydrogen (secondary N) is 2. The Balaban J connectivity index is 1.89. The molecule has 2 aliphatic heterocycles. The molecule has 5 heteroatoms. The number of carbonyl (C=O) groups is 1. The van der Waals surface area contributed by atoms with Crippen molar-refractivity contribution in [3.63, 3.8) is 0 Å². The average molecular weight is 262 g/mol. The van der Waals surface area contributed by atoms with Gasteiger partial charge >= 0.3 is 0 Å². The molecule has 0 radical (unpaired) electrons. The minimum absolute atomic E-state index is 0.0695. The molecule has 1 aromatic rings. The van der Waals surface area contributed by atoms with Crippen LogP contribution in [0, 0.1) is 6.92 Å². The van der Waals surface area contributed by atoms with Crippen molar-refractivity contribution in [3.05, 3.63) is 23.3 Å². The molecule has 0 saturated carbocycles. The quantitative estimate of drug-likeness (QED) is 0.851. The lowest BCUT2D eigenvalue weighted by molar-refractivity contribution is 0.0876. The van der Waals surface area contributed by atoms with E-state index in [0.29, 0.717) is 17.4 Å². The smallest absolute Gasteiger partial charge is 0.257 e. The first kappa shape index (κ1) is 12.3. The van der Waals surface area contributed by atoms with Crippen molar-refractivity contribution in [1.82, 2.24) is 5.32 Å². The van der Waals surface area contributed by atoms with Crippen molar-refractivity contribution in [2.45, 2.75) is 25.8 Å². The maximum absolute atomic E-state index is 11.8. The third-order valence-electron chi connectivity index (χ3n) is 3.51. The molecule has 0 aliphatic carbocycles. The SMILES string of the molecule is Cc1cc(NC2CCOCC2)c2c(c1)C(=O)NCO2. The molecule has 1 aromatic carbocycles. The van der Waals surface area contributed by atoms with Gasteiger partial charge in [-0.25, -0.2) is 0 Å². The van der Waals surface area contributed by atoms with E-state index in [2.05, 4.69) is 10.6 Å². The fourth-order valence-corrected chi connectivity index (χ4v) is 2.54. The summed E-state index contributed by atoms with van der Waals surface area (Å²) in [6.45, 7) is 3.79. The zero-order chi connectivity index (χ0) is 13.2. The van der Waals surface area contributed by atoms with Gasteiger partial charge in [0.25, 0.3) is 5.91 Å². The first-order chi connectivity index (χ1) is 9.24. The number of anilines is 1. The highest BCUT2D eigenvalue weighted by atomic mass is 16.5. The molecule has 2 aliphatic rings. The second kappa shape index (κ2) is 5.09. The zero-order valence-electron chi connectivity index (χ0n) is 11.0. The number of aryl methyl sites for hydroxylation is 1. The van der Waals surface area contributed by atoms with Crippen LogP contribution >= 0.6 is 0 Å². The van der Waals surface area contributed by atoms with Crippen molar-refractivity contribution in [2.24, 2.45) is 0 Å². The molecule has 0 atom stereocenters. The number of ether oxygens (including phenoxy) is 2.